The van der Waals surface area contributed by atoms with Gasteiger partial charge in [0.25, 0.3) is 5.91 Å². The molecule has 0 bridgehead atoms. The highest BCUT2D eigenvalue weighted by molar-refractivity contribution is 7.89. The van der Waals surface area contributed by atoms with Crippen molar-refractivity contribution in [3.8, 4) is 5.75 Å². The van der Waals surface area contributed by atoms with Crippen molar-refractivity contribution in [3.05, 3.63) is 59.8 Å². The highest BCUT2D eigenvalue weighted by atomic mass is 32.2. The van der Waals surface area contributed by atoms with Crippen LogP contribution in [0, 0.1) is 0 Å². The lowest BCUT2D eigenvalue weighted by Crippen LogP contribution is -2.40. The maximum absolute atomic E-state index is 12.7. The van der Waals surface area contributed by atoms with Gasteiger partial charge in [-0.3, -0.25) is 4.79 Å². The van der Waals surface area contributed by atoms with E-state index >= 15 is 0 Å². The SMILES string of the molecule is CCOc1ccc2cc(C(=O)NCc3ccc(S(=O)(=O)N4CCOCC4)cc3)[nH]c2c1. The van der Waals surface area contributed by atoms with Crippen molar-refractivity contribution in [1.29, 1.82) is 0 Å². The normalized spacial score (nSPS) is 15.1. The fraction of sp³-hybridized carbons (Fsp3) is 0.318. The number of H-pyrrole nitrogens is 1. The first kappa shape index (κ1) is 21.4. The third-order valence-corrected chi connectivity index (χ3v) is 7.05. The van der Waals surface area contributed by atoms with Gasteiger partial charge in [0.15, 0.2) is 0 Å². The zero-order chi connectivity index (χ0) is 21.8. The van der Waals surface area contributed by atoms with Crippen LogP contribution in [0.4, 0.5) is 0 Å². The number of aromatic nitrogens is 1. The molecule has 0 aliphatic carbocycles. The van der Waals surface area contributed by atoms with Gasteiger partial charge in [0.2, 0.25) is 10.0 Å². The van der Waals surface area contributed by atoms with E-state index in [0.29, 0.717) is 38.6 Å². The lowest BCUT2D eigenvalue weighted by atomic mass is 10.2. The molecule has 1 aliphatic heterocycles. The van der Waals surface area contributed by atoms with Crippen LogP contribution in [-0.4, -0.2) is 56.5 Å². The van der Waals surface area contributed by atoms with E-state index in [1.54, 1.807) is 30.3 Å². The minimum atomic E-state index is -3.52. The molecular weight excluding hydrogens is 418 g/mol. The summed E-state index contributed by atoms with van der Waals surface area (Å²) < 4.78 is 37.5. The highest BCUT2D eigenvalue weighted by Crippen LogP contribution is 2.22. The molecule has 1 saturated heterocycles. The molecule has 0 unspecified atom stereocenters. The molecule has 3 aromatic rings. The fourth-order valence-corrected chi connectivity index (χ4v) is 4.89. The molecule has 1 fully saturated rings. The van der Waals surface area contributed by atoms with Crippen LogP contribution in [0.3, 0.4) is 0 Å². The van der Waals surface area contributed by atoms with Crippen LogP contribution in [0.25, 0.3) is 10.9 Å². The molecule has 31 heavy (non-hydrogen) atoms. The van der Waals surface area contributed by atoms with Gasteiger partial charge in [-0.1, -0.05) is 12.1 Å². The minimum Gasteiger partial charge on any atom is -0.494 e. The van der Waals surface area contributed by atoms with Gasteiger partial charge in [-0.2, -0.15) is 4.31 Å². The summed E-state index contributed by atoms with van der Waals surface area (Å²) in [7, 11) is -3.52. The highest BCUT2D eigenvalue weighted by Gasteiger charge is 2.26. The molecule has 9 heteroatoms. The Morgan fingerprint density at radius 3 is 2.58 bits per heavy atom. The molecule has 0 radical (unpaired) electrons. The van der Waals surface area contributed by atoms with Crippen molar-refractivity contribution in [2.45, 2.75) is 18.4 Å². The topological polar surface area (TPSA) is 101 Å². The van der Waals surface area contributed by atoms with E-state index in [-0.39, 0.29) is 17.3 Å². The van der Waals surface area contributed by atoms with E-state index in [1.165, 1.54) is 4.31 Å². The molecule has 164 valence electrons. The summed E-state index contributed by atoms with van der Waals surface area (Å²) in [5, 5.41) is 3.78. The molecule has 2 heterocycles. The van der Waals surface area contributed by atoms with Crippen molar-refractivity contribution >= 4 is 26.8 Å². The Labute approximate surface area is 181 Å². The van der Waals surface area contributed by atoms with E-state index < -0.39 is 10.0 Å². The number of nitrogens with one attached hydrogen (secondary N) is 2. The monoisotopic (exact) mass is 443 g/mol. The lowest BCUT2D eigenvalue weighted by Gasteiger charge is -2.26. The number of rotatable bonds is 7. The Bertz CT molecular complexity index is 1170. The Balaban J connectivity index is 1.40. The first-order valence-corrected chi connectivity index (χ1v) is 11.6. The molecule has 8 nitrogen and oxygen atoms in total. The van der Waals surface area contributed by atoms with Crippen LogP contribution >= 0.6 is 0 Å². The number of nitrogens with zero attached hydrogens (tertiary/aromatic N) is 1. The maximum atomic E-state index is 12.7. The van der Waals surface area contributed by atoms with Gasteiger partial charge < -0.3 is 19.8 Å². The van der Waals surface area contributed by atoms with Crippen LogP contribution in [0.5, 0.6) is 5.75 Å². The van der Waals surface area contributed by atoms with E-state index in [0.717, 1.165) is 22.2 Å². The number of morpholine rings is 1. The van der Waals surface area contributed by atoms with E-state index in [1.807, 2.05) is 25.1 Å². The number of amides is 1. The van der Waals surface area contributed by atoms with Crippen LogP contribution in [0.15, 0.2) is 53.4 Å². The van der Waals surface area contributed by atoms with Crippen molar-refractivity contribution < 1.29 is 22.7 Å². The van der Waals surface area contributed by atoms with Gasteiger partial charge >= 0.3 is 0 Å². The van der Waals surface area contributed by atoms with Gasteiger partial charge in [-0.05, 0) is 42.8 Å². The molecule has 1 amide bonds. The zero-order valence-electron chi connectivity index (χ0n) is 17.3. The summed E-state index contributed by atoms with van der Waals surface area (Å²) in [4.78, 5) is 15.9. The molecular formula is C22H25N3O5S. The third kappa shape index (κ3) is 4.73. The molecule has 1 aliphatic rings. The molecule has 0 saturated carbocycles. The molecule has 1 aromatic heterocycles. The van der Waals surface area contributed by atoms with Crippen molar-refractivity contribution in [2.24, 2.45) is 0 Å². The number of carbonyl (C=O) groups excluding carboxylic acids is 1. The number of aromatic amines is 1. The molecule has 4 rings (SSSR count). The minimum absolute atomic E-state index is 0.237. The predicted molar refractivity (Wildman–Crippen MR) is 117 cm³/mol. The number of hydrogen-bond acceptors (Lipinski definition) is 5. The number of benzene rings is 2. The first-order valence-electron chi connectivity index (χ1n) is 10.2. The van der Waals surface area contributed by atoms with Crippen LogP contribution < -0.4 is 10.1 Å². The van der Waals surface area contributed by atoms with Crippen LogP contribution in [-0.2, 0) is 21.3 Å². The van der Waals surface area contributed by atoms with Gasteiger partial charge in [-0.15, -0.1) is 0 Å². The number of carbonyl (C=O) groups is 1. The molecule has 2 N–H and O–H groups in total. The second-order valence-electron chi connectivity index (χ2n) is 7.21. The second kappa shape index (κ2) is 9.09. The first-order chi connectivity index (χ1) is 15.0. The summed E-state index contributed by atoms with van der Waals surface area (Å²) in [6.07, 6.45) is 0. The van der Waals surface area contributed by atoms with E-state index in [4.69, 9.17) is 9.47 Å². The average molecular weight is 444 g/mol. The smallest absolute Gasteiger partial charge is 0.267 e. The average Bonchev–Trinajstić information content (AvgIpc) is 3.22. The summed E-state index contributed by atoms with van der Waals surface area (Å²) >= 11 is 0. The standard InChI is InChI=1S/C22H25N3O5S/c1-2-30-18-6-5-17-13-21(24-20(17)14-18)22(26)23-15-16-3-7-19(8-4-16)31(27,28)25-9-11-29-12-10-25/h3-8,13-14,24H,2,9-12,15H2,1H3,(H,23,26). The van der Waals surface area contributed by atoms with E-state index in [9.17, 15) is 13.2 Å². The summed E-state index contributed by atoms with van der Waals surface area (Å²) in [6.45, 7) is 4.31. The number of ether oxygens (including phenoxy) is 2. The molecule has 2 aromatic carbocycles. The summed E-state index contributed by atoms with van der Waals surface area (Å²) in [5.74, 6) is 0.509. The summed E-state index contributed by atoms with van der Waals surface area (Å²) in [6, 6.07) is 14.0. The van der Waals surface area contributed by atoms with Gasteiger partial charge in [0.1, 0.15) is 11.4 Å². The Kier molecular flexibility index (Phi) is 6.26. The van der Waals surface area contributed by atoms with Gasteiger partial charge in [0.05, 0.1) is 24.7 Å². The predicted octanol–water partition coefficient (Wildman–Crippen LogP) is 2.52. The quantitative estimate of drug-likeness (QED) is 0.584. The van der Waals surface area contributed by atoms with Crippen LogP contribution in [0.2, 0.25) is 0 Å². The number of sulfonamides is 1. The number of hydrogen-bond donors (Lipinski definition) is 2. The maximum Gasteiger partial charge on any atom is 0.267 e. The number of fused-ring (bicyclic) bond motifs is 1. The second-order valence-corrected chi connectivity index (χ2v) is 9.15. The van der Waals surface area contributed by atoms with Crippen molar-refractivity contribution in [1.82, 2.24) is 14.6 Å². The fourth-order valence-electron chi connectivity index (χ4n) is 3.48. The lowest BCUT2D eigenvalue weighted by molar-refractivity contribution is 0.0730. The van der Waals surface area contributed by atoms with Gasteiger partial charge in [0, 0.05) is 36.6 Å². The summed E-state index contributed by atoms with van der Waals surface area (Å²) in [5.41, 5.74) is 2.09. The zero-order valence-corrected chi connectivity index (χ0v) is 18.1. The van der Waals surface area contributed by atoms with E-state index in [2.05, 4.69) is 10.3 Å². The van der Waals surface area contributed by atoms with Crippen LogP contribution in [0.1, 0.15) is 23.0 Å². The Morgan fingerprint density at radius 2 is 1.87 bits per heavy atom. The molecule has 0 spiro atoms. The Morgan fingerprint density at radius 1 is 1.13 bits per heavy atom. The third-order valence-electron chi connectivity index (χ3n) is 5.13. The van der Waals surface area contributed by atoms with Crippen molar-refractivity contribution in [3.63, 3.8) is 0 Å². The largest absolute Gasteiger partial charge is 0.494 e. The van der Waals surface area contributed by atoms with Gasteiger partial charge in [-0.25, -0.2) is 8.42 Å². The van der Waals surface area contributed by atoms with Crippen molar-refractivity contribution in [2.75, 3.05) is 32.9 Å². The Hall–Kier alpha value is -2.88. The molecule has 0 atom stereocenters.